The van der Waals surface area contributed by atoms with Gasteiger partial charge in [-0.15, -0.1) is 0 Å². The van der Waals surface area contributed by atoms with Crippen molar-refractivity contribution < 1.29 is 4.79 Å². The Morgan fingerprint density at radius 3 is 2.41 bits per heavy atom. The Labute approximate surface area is 135 Å². The SMILES string of the molecule is CC(CCc1ccccc1CCC(N)=O)CC1CCCCC1. The summed E-state index contributed by atoms with van der Waals surface area (Å²) in [6, 6.07) is 8.52. The van der Waals surface area contributed by atoms with E-state index in [1.807, 2.05) is 0 Å². The van der Waals surface area contributed by atoms with E-state index in [9.17, 15) is 4.79 Å². The third kappa shape index (κ3) is 5.82. The number of benzene rings is 1. The van der Waals surface area contributed by atoms with E-state index < -0.39 is 0 Å². The van der Waals surface area contributed by atoms with Crippen molar-refractivity contribution in [2.75, 3.05) is 0 Å². The lowest BCUT2D eigenvalue weighted by Crippen LogP contribution is -2.12. The molecular weight excluding hydrogens is 270 g/mol. The lowest BCUT2D eigenvalue weighted by Gasteiger charge is -2.24. The molecule has 1 fully saturated rings. The molecule has 0 spiro atoms. The fourth-order valence-corrected chi connectivity index (χ4v) is 3.81. The minimum absolute atomic E-state index is 0.208. The van der Waals surface area contributed by atoms with Crippen LogP contribution >= 0.6 is 0 Å². The van der Waals surface area contributed by atoms with Crippen LogP contribution in [-0.4, -0.2) is 5.91 Å². The Bertz CT molecular complexity index is 463. The highest BCUT2D eigenvalue weighted by Gasteiger charge is 2.16. The number of carbonyl (C=O) groups excluding carboxylic acids is 1. The summed E-state index contributed by atoms with van der Waals surface area (Å²) in [5.74, 6) is 1.56. The minimum atomic E-state index is -0.208. The molecule has 1 aliphatic carbocycles. The zero-order chi connectivity index (χ0) is 15.8. The maximum Gasteiger partial charge on any atom is 0.217 e. The molecule has 1 saturated carbocycles. The zero-order valence-corrected chi connectivity index (χ0v) is 14.0. The Hall–Kier alpha value is -1.31. The second-order valence-corrected chi connectivity index (χ2v) is 7.12. The van der Waals surface area contributed by atoms with Crippen LogP contribution in [0.2, 0.25) is 0 Å². The van der Waals surface area contributed by atoms with Gasteiger partial charge in [0.2, 0.25) is 5.91 Å². The largest absolute Gasteiger partial charge is 0.370 e. The summed E-state index contributed by atoms with van der Waals surface area (Å²) in [5, 5.41) is 0. The van der Waals surface area contributed by atoms with Crippen LogP contribution in [0, 0.1) is 11.8 Å². The number of rotatable bonds is 8. The van der Waals surface area contributed by atoms with Gasteiger partial charge in [0.15, 0.2) is 0 Å². The zero-order valence-electron chi connectivity index (χ0n) is 14.0. The monoisotopic (exact) mass is 301 g/mol. The summed E-state index contributed by atoms with van der Waals surface area (Å²) < 4.78 is 0. The first-order valence-corrected chi connectivity index (χ1v) is 9.00. The van der Waals surface area contributed by atoms with E-state index in [2.05, 4.69) is 31.2 Å². The summed E-state index contributed by atoms with van der Waals surface area (Å²) in [6.45, 7) is 2.40. The summed E-state index contributed by atoms with van der Waals surface area (Å²) in [4.78, 5) is 11.0. The average Bonchev–Trinajstić information content (AvgIpc) is 2.52. The molecule has 1 unspecified atom stereocenters. The molecular formula is C20H31NO. The van der Waals surface area contributed by atoms with Gasteiger partial charge in [-0.1, -0.05) is 63.3 Å². The molecule has 122 valence electrons. The van der Waals surface area contributed by atoms with Gasteiger partial charge in [0.05, 0.1) is 0 Å². The quantitative estimate of drug-likeness (QED) is 0.746. The Kier molecular flexibility index (Phi) is 6.95. The van der Waals surface area contributed by atoms with E-state index in [0.717, 1.165) is 24.7 Å². The van der Waals surface area contributed by atoms with Crippen LogP contribution < -0.4 is 5.73 Å². The van der Waals surface area contributed by atoms with E-state index in [1.165, 1.54) is 56.1 Å². The van der Waals surface area contributed by atoms with Crippen molar-refractivity contribution in [3.05, 3.63) is 35.4 Å². The Morgan fingerprint density at radius 1 is 1.14 bits per heavy atom. The topological polar surface area (TPSA) is 43.1 Å². The molecule has 1 aromatic carbocycles. The smallest absolute Gasteiger partial charge is 0.217 e. The highest BCUT2D eigenvalue weighted by molar-refractivity contribution is 5.74. The first kappa shape index (κ1) is 17.1. The van der Waals surface area contributed by atoms with E-state index >= 15 is 0 Å². The van der Waals surface area contributed by atoms with Gasteiger partial charge in [-0.3, -0.25) is 4.79 Å². The van der Waals surface area contributed by atoms with Crippen molar-refractivity contribution in [1.29, 1.82) is 0 Å². The molecule has 0 heterocycles. The summed E-state index contributed by atoms with van der Waals surface area (Å²) >= 11 is 0. The second kappa shape index (κ2) is 8.97. The molecule has 1 aromatic rings. The molecule has 2 heteroatoms. The van der Waals surface area contributed by atoms with Crippen molar-refractivity contribution in [3.8, 4) is 0 Å². The molecule has 0 aliphatic heterocycles. The first-order valence-electron chi connectivity index (χ1n) is 9.00. The molecule has 0 saturated heterocycles. The van der Waals surface area contributed by atoms with Crippen LogP contribution in [-0.2, 0) is 17.6 Å². The van der Waals surface area contributed by atoms with Crippen LogP contribution in [0.5, 0.6) is 0 Å². The molecule has 2 nitrogen and oxygen atoms in total. The Balaban J connectivity index is 1.81. The van der Waals surface area contributed by atoms with E-state index in [0.29, 0.717) is 6.42 Å². The lowest BCUT2D eigenvalue weighted by atomic mass is 9.81. The molecule has 1 aliphatic rings. The van der Waals surface area contributed by atoms with Crippen molar-refractivity contribution in [2.45, 2.75) is 71.1 Å². The van der Waals surface area contributed by atoms with Gasteiger partial charge < -0.3 is 5.73 Å². The number of hydrogen-bond donors (Lipinski definition) is 1. The summed E-state index contributed by atoms with van der Waals surface area (Å²) in [7, 11) is 0. The van der Waals surface area contributed by atoms with Crippen molar-refractivity contribution >= 4 is 5.91 Å². The van der Waals surface area contributed by atoms with Gasteiger partial charge >= 0.3 is 0 Å². The predicted octanol–water partition coefficient (Wildman–Crippen LogP) is 4.64. The van der Waals surface area contributed by atoms with E-state index in [-0.39, 0.29) is 5.91 Å². The number of amides is 1. The lowest BCUT2D eigenvalue weighted by molar-refractivity contribution is -0.117. The van der Waals surface area contributed by atoms with Crippen LogP contribution in [0.1, 0.15) is 69.4 Å². The fraction of sp³-hybridized carbons (Fsp3) is 0.650. The number of primary amides is 1. The van der Waals surface area contributed by atoms with Gasteiger partial charge in [0.1, 0.15) is 0 Å². The van der Waals surface area contributed by atoms with Gasteiger partial charge in [0, 0.05) is 6.42 Å². The molecule has 1 atom stereocenters. The van der Waals surface area contributed by atoms with Gasteiger partial charge in [-0.05, 0) is 48.6 Å². The molecule has 2 rings (SSSR count). The molecule has 1 amide bonds. The fourth-order valence-electron chi connectivity index (χ4n) is 3.81. The summed E-state index contributed by atoms with van der Waals surface area (Å²) in [5.41, 5.74) is 7.98. The number of carbonyl (C=O) groups is 1. The number of nitrogens with two attached hydrogens (primary N) is 1. The van der Waals surface area contributed by atoms with Crippen molar-refractivity contribution in [2.24, 2.45) is 17.6 Å². The summed E-state index contributed by atoms with van der Waals surface area (Å²) in [6.07, 6.45) is 12.2. The van der Waals surface area contributed by atoms with Gasteiger partial charge in [-0.2, -0.15) is 0 Å². The predicted molar refractivity (Wildman–Crippen MR) is 92.6 cm³/mol. The highest BCUT2D eigenvalue weighted by atomic mass is 16.1. The molecule has 2 N–H and O–H groups in total. The number of hydrogen-bond acceptors (Lipinski definition) is 1. The average molecular weight is 301 g/mol. The first-order chi connectivity index (χ1) is 10.6. The highest BCUT2D eigenvalue weighted by Crippen LogP contribution is 2.30. The second-order valence-electron chi connectivity index (χ2n) is 7.12. The van der Waals surface area contributed by atoms with Gasteiger partial charge in [0.25, 0.3) is 0 Å². The maximum atomic E-state index is 11.0. The van der Waals surface area contributed by atoms with Crippen LogP contribution in [0.3, 0.4) is 0 Å². The maximum absolute atomic E-state index is 11.0. The van der Waals surface area contributed by atoms with Crippen LogP contribution in [0.4, 0.5) is 0 Å². The van der Waals surface area contributed by atoms with Crippen LogP contribution in [0.25, 0.3) is 0 Å². The minimum Gasteiger partial charge on any atom is -0.370 e. The Morgan fingerprint density at radius 2 is 1.77 bits per heavy atom. The third-order valence-corrected chi connectivity index (χ3v) is 5.13. The number of aryl methyl sites for hydroxylation is 2. The van der Waals surface area contributed by atoms with Crippen molar-refractivity contribution in [3.63, 3.8) is 0 Å². The molecule has 0 aromatic heterocycles. The normalized spacial score (nSPS) is 17.3. The molecule has 0 radical (unpaired) electrons. The van der Waals surface area contributed by atoms with Crippen molar-refractivity contribution in [1.82, 2.24) is 0 Å². The van der Waals surface area contributed by atoms with E-state index in [4.69, 9.17) is 5.73 Å². The standard InChI is InChI=1S/C20H31NO/c1-16(15-17-7-3-2-4-8-17)11-12-18-9-5-6-10-19(18)13-14-20(21)22/h5-6,9-10,16-17H,2-4,7-8,11-15H2,1H3,(H2,21,22). The van der Waals surface area contributed by atoms with Gasteiger partial charge in [-0.25, -0.2) is 0 Å². The molecule has 0 bridgehead atoms. The third-order valence-electron chi connectivity index (χ3n) is 5.13. The molecule has 22 heavy (non-hydrogen) atoms. The van der Waals surface area contributed by atoms with Crippen LogP contribution in [0.15, 0.2) is 24.3 Å². The van der Waals surface area contributed by atoms with E-state index in [1.54, 1.807) is 0 Å².